The van der Waals surface area contributed by atoms with Crippen LogP contribution in [-0.2, 0) is 16.1 Å². The number of benzene rings is 3. The van der Waals surface area contributed by atoms with Gasteiger partial charge < -0.3 is 19.7 Å². The fourth-order valence-electron chi connectivity index (χ4n) is 3.87. The van der Waals surface area contributed by atoms with E-state index in [-0.39, 0.29) is 30.9 Å². The smallest absolute Gasteiger partial charge is 0.231 e. The zero-order chi connectivity index (χ0) is 21.9. The molecule has 1 N–H and O–H groups in total. The maximum atomic E-state index is 13.0. The van der Waals surface area contributed by atoms with E-state index in [2.05, 4.69) is 5.32 Å². The Morgan fingerprint density at radius 3 is 2.66 bits per heavy atom. The largest absolute Gasteiger partial charge is 0.454 e. The van der Waals surface area contributed by atoms with Crippen molar-refractivity contribution < 1.29 is 19.1 Å². The molecule has 0 aliphatic carbocycles. The van der Waals surface area contributed by atoms with E-state index in [1.807, 2.05) is 72.8 Å². The lowest BCUT2D eigenvalue weighted by Crippen LogP contribution is -2.28. The number of rotatable bonds is 6. The molecule has 2 aliphatic heterocycles. The lowest BCUT2D eigenvalue weighted by atomic mass is 10.1. The maximum absolute atomic E-state index is 13.0. The van der Waals surface area contributed by atoms with E-state index in [1.54, 1.807) is 16.7 Å². The first-order valence-electron chi connectivity index (χ1n) is 10.4. The van der Waals surface area contributed by atoms with Crippen LogP contribution < -0.4 is 14.8 Å². The standard InChI is InChI=1S/C25H22N2O4S/c28-24-13-18(15-27(24)14-17-10-11-21-22(12-17)31-16-30-21)25(29)26-20-8-4-5-9-23(20)32-19-6-2-1-3-7-19/h1-12,18H,13-16H2,(H,26,29). The molecule has 0 spiro atoms. The highest BCUT2D eigenvalue weighted by Crippen LogP contribution is 2.35. The first-order valence-corrected chi connectivity index (χ1v) is 11.3. The van der Waals surface area contributed by atoms with Crippen LogP contribution in [0.15, 0.2) is 82.6 Å². The predicted molar refractivity (Wildman–Crippen MR) is 122 cm³/mol. The highest BCUT2D eigenvalue weighted by atomic mass is 32.2. The molecule has 5 rings (SSSR count). The number of carbonyl (C=O) groups is 2. The van der Waals surface area contributed by atoms with Crippen molar-refractivity contribution in [1.82, 2.24) is 4.90 Å². The number of fused-ring (bicyclic) bond motifs is 1. The van der Waals surface area contributed by atoms with E-state index < -0.39 is 0 Å². The predicted octanol–water partition coefficient (Wildman–Crippen LogP) is 4.55. The van der Waals surface area contributed by atoms with Gasteiger partial charge in [-0.25, -0.2) is 0 Å². The lowest BCUT2D eigenvalue weighted by molar-refractivity contribution is -0.128. The van der Waals surface area contributed by atoms with E-state index in [0.29, 0.717) is 24.6 Å². The summed E-state index contributed by atoms with van der Waals surface area (Å²) in [7, 11) is 0. The fourth-order valence-corrected chi connectivity index (χ4v) is 4.79. The number of anilines is 1. The van der Waals surface area contributed by atoms with Gasteiger partial charge in [0.25, 0.3) is 0 Å². The van der Waals surface area contributed by atoms with Gasteiger partial charge >= 0.3 is 0 Å². The zero-order valence-electron chi connectivity index (χ0n) is 17.3. The molecule has 2 amide bonds. The molecule has 0 saturated carbocycles. The molecule has 0 radical (unpaired) electrons. The van der Waals surface area contributed by atoms with Crippen molar-refractivity contribution in [2.45, 2.75) is 22.8 Å². The molecule has 162 valence electrons. The Labute approximate surface area is 190 Å². The van der Waals surface area contributed by atoms with Gasteiger partial charge in [0.05, 0.1) is 11.6 Å². The minimum Gasteiger partial charge on any atom is -0.454 e. The number of para-hydroxylation sites is 1. The summed E-state index contributed by atoms with van der Waals surface area (Å²) in [4.78, 5) is 29.3. The number of nitrogens with one attached hydrogen (secondary N) is 1. The Bertz CT molecular complexity index is 1150. The average molecular weight is 447 g/mol. The molecule has 32 heavy (non-hydrogen) atoms. The summed E-state index contributed by atoms with van der Waals surface area (Å²) in [6, 6.07) is 23.4. The van der Waals surface area contributed by atoms with Gasteiger partial charge in [0, 0.05) is 29.3 Å². The van der Waals surface area contributed by atoms with Crippen LogP contribution in [0, 0.1) is 5.92 Å². The van der Waals surface area contributed by atoms with Gasteiger partial charge in [0.1, 0.15) is 0 Å². The molecule has 1 fully saturated rings. The molecule has 3 aromatic carbocycles. The number of hydrogen-bond donors (Lipinski definition) is 1. The second-order valence-electron chi connectivity index (χ2n) is 7.76. The van der Waals surface area contributed by atoms with Gasteiger partial charge in [0.15, 0.2) is 11.5 Å². The second-order valence-corrected chi connectivity index (χ2v) is 8.88. The molecular formula is C25H22N2O4S. The van der Waals surface area contributed by atoms with E-state index in [4.69, 9.17) is 9.47 Å². The normalized spacial score (nSPS) is 16.9. The molecule has 2 heterocycles. The minimum atomic E-state index is -0.383. The molecule has 1 saturated heterocycles. The molecule has 1 atom stereocenters. The number of ether oxygens (including phenoxy) is 2. The van der Waals surface area contributed by atoms with Crippen LogP contribution in [0.3, 0.4) is 0 Å². The second kappa shape index (κ2) is 8.96. The molecule has 0 bridgehead atoms. The molecule has 2 aliphatic rings. The van der Waals surface area contributed by atoms with Crippen LogP contribution in [-0.4, -0.2) is 30.1 Å². The monoisotopic (exact) mass is 446 g/mol. The van der Waals surface area contributed by atoms with Crippen molar-refractivity contribution >= 4 is 29.3 Å². The summed E-state index contributed by atoms with van der Waals surface area (Å²) < 4.78 is 10.8. The third-order valence-corrected chi connectivity index (χ3v) is 6.60. The number of carbonyl (C=O) groups excluding carboxylic acids is 2. The average Bonchev–Trinajstić information content (AvgIpc) is 3.42. The summed E-state index contributed by atoms with van der Waals surface area (Å²) >= 11 is 1.60. The minimum absolute atomic E-state index is 0.0187. The van der Waals surface area contributed by atoms with Crippen LogP contribution in [0.25, 0.3) is 0 Å². The summed E-state index contributed by atoms with van der Waals surface area (Å²) in [6.45, 7) is 1.06. The number of hydrogen-bond acceptors (Lipinski definition) is 5. The lowest BCUT2D eigenvalue weighted by Gasteiger charge is -2.17. The summed E-state index contributed by atoms with van der Waals surface area (Å²) in [5.74, 6) is 0.871. The van der Waals surface area contributed by atoms with Crippen molar-refractivity contribution in [1.29, 1.82) is 0 Å². The van der Waals surface area contributed by atoms with Crippen LogP contribution in [0.1, 0.15) is 12.0 Å². The zero-order valence-corrected chi connectivity index (χ0v) is 18.1. The van der Waals surface area contributed by atoms with Crippen molar-refractivity contribution in [2.75, 3.05) is 18.7 Å². The van der Waals surface area contributed by atoms with Gasteiger partial charge in [-0.1, -0.05) is 48.2 Å². The highest BCUT2D eigenvalue weighted by Gasteiger charge is 2.34. The summed E-state index contributed by atoms with van der Waals surface area (Å²) in [6.07, 6.45) is 0.213. The summed E-state index contributed by atoms with van der Waals surface area (Å²) in [5, 5.41) is 3.04. The van der Waals surface area contributed by atoms with Crippen molar-refractivity contribution in [3.63, 3.8) is 0 Å². The third kappa shape index (κ3) is 4.43. The van der Waals surface area contributed by atoms with Crippen molar-refractivity contribution in [3.05, 3.63) is 78.4 Å². The Hall–Kier alpha value is -3.45. The summed E-state index contributed by atoms with van der Waals surface area (Å²) in [5.41, 5.74) is 1.71. The van der Waals surface area contributed by atoms with Crippen molar-refractivity contribution in [3.8, 4) is 11.5 Å². The molecule has 1 unspecified atom stereocenters. The maximum Gasteiger partial charge on any atom is 0.231 e. The van der Waals surface area contributed by atoms with E-state index in [9.17, 15) is 9.59 Å². The third-order valence-electron chi connectivity index (χ3n) is 5.51. The van der Waals surface area contributed by atoms with Gasteiger partial charge in [-0.05, 0) is 42.0 Å². The molecule has 0 aromatic heterocycles. The number of amides is 2. The first kappa shape index (κ1) is 20.5. The van der Waals surface area contributed by atoms with Crippen molar-refractivity contribution in [2.24, 2.45) is 5.92 Å². The van der Waals surface area contributed by atoms with E-state index in [0.717, 1.165) is 21.0 Å². The Morgan fingerprint density at radius 2 is 1.78 bits per heavy atom. The Kier molecular flexibility index (Phi) is 5.73. The van der Waals surface area contributed by atoms with Crippen LogP contribution >= 0.6 is 11.8 Å². The Balaban J connectivity index is 1.24. The quantitative estimate of drug-likeness (QED) is 0.602. The van der Waals surface area contributed by atoms with Gasteiger partial charge in [0.2, 0.25) is 18.6 Å². The van der Waals surface area contributed by atoms with Gasteiger partial charge in [-0.15, -0.1) is 0 Å². The van der Waals surface area contributed by atoms with E-state index in [1.165, 1.54) is 0 Å². The van der Waals surface area contributed by atoms with Crippen LogP contribution in [0.5, 0.6) is 11.5 Å². The van der Waals surface area contributed by atoms with Gasteiger partial charge in [-0.3, -0.25) is 9.59 Å². The SMILES string of the molecule is O=C(Nc1ccccc1Sc1ccccc1)C1CC(=O)N(Cc2ccc3c(c2)OCO3)C1. The Morgan fingerprint density at radius 1 is 1.00 bits per heavy atom. The van der Waals surface area contributed by atoms with Crippen LogP contribution in [0.4, 0.5) is 5.69 Å². The number of likely N-dealkylation sites (tertiary alicyclic amines) is 1. The van der Waals surface area contributed by atoms with Gasteiger partial charge in [-0.2, -0.15) is 0 Å². The molecule has 7 heteroatoms. The molecule has 3 aromatic rings. The van der Waals surface area contributed by atoms with E-state index >= 15 is 0 Å². The molecule has 6 nitrogen and oxygen atoms in total. The fraction of sp³-hybridized carbons (Fsp3) is 0.200. The topological polar surface area (TPSA) is 67.9 Å². The molecular weight excluding hydrogens is 424 g/mol. The first-order chi connectivity index (χ1) is 15.7. The number of nitrogens with zero attached hydrogens (tertiary/aromatic N) is 1. The highest BCUT2D eigenvalue weighted by molar-refractivity contribution is 7.99. The van der Waals surface area contributed by atoms with Crippen LogP contribution in [0.2, 0.25) is 0 Å².